The predicted molar refractivity (Wildman–Crippen MR) is 99.3 cm³/mol. The minimum absolute atomic E-state index is 0.206. The molecule has 2 aromatic carbocycles. The third-order valence-electron chi connectivity index (χ3n) is 3.93. The van der Waals surface area contributed by atoms with Crippen LogP contribution in [-0.2, 0) is 17.8 Å². The van der Waals surface area contributed by atoms with E-state index in [2.05, 4.69) is 5.32 Å². The van der Waals surface area contributed by atoms with E-state index >= 15 is 0 Å². The van der Waals surface area contributed by atoms with E-state index in [1.165, 1.54) is 7.11 Å². The normalized spacial score (nSPS) is 10.4. The molecule has 0 aliphatic heterocycles. The van der Waals surface area contributed by atoms with Crippen molar-refractivity contribution >= 4 is 23.1 Å². The smallest absolute Gasteiger partial charge is 0.260 e. The van der Waals surface area contributed by atoms with Crippen LogP contribution in [0.5, 0.6) is 5.75 Å². The molecule has 0 aliphatic carbocycles. The van der Waals surface area contributed by atoms with Gasteiger partial charge in [0.2, 0.25) is 0 Å². The Kier molecular flexibility index (Phi) is 6.15. The summed E-state index contributed by atoms with van der Waals surface area (Å²) in [5, 5.41) is 3.36. The Morgan fingerprint density at radius 3 is 2.62 bits per heavy atom. The monoisotopic (exact) mass is 347 g/mol. The van der Waals surface area contributed by atoms with Crippen LogP contribution in [0.3, 0.4) is 0 Å². The van der Waals surface area contributed by atoms with Crippen LogP contribution in [-0.4, -0.2) is 12.3 Å². The first-order valence-electron chi connectivity index (χ1n) is 7.81. The minimum Gasteiger partial charge on any atom is -0.489 e. The van der Waals surface area contributed by atoms with Crippen molar-refractivity contribution in [2.45, 2.75) is 33.8 Å². The standard InChI is InChI=1S/C19H22FNO2S/c1-5-14-10-16(20)13(3)9-18(14)23-11-15-12(2)7-6-8-17(15)21-19(24)22-4/h6-10H,5,11H2,1-4H3,(H,21,24). The van der Waals surface area contributed by atoms with Gasteiger partial charge in [-0.1, -0.05) is 19.1 Å². The van der Waals surface area contributed by atoms with Crippen LogP contribution < -0.4 is 10.1 Å². The first-order chi connectivity index (χ1) is 11.5. The Balaban J connectivity index is 2.26. The summed E-state index contributed by atoms with van der Waals surface area (Å²) >= 11 is 5.07. The molecule has 0 saturated carbocycles. The summed E-state index contributed by atoms with van der Waals surface area (Å²) in [6.45, 7) is 6.09. The van der Waals surface area contributed by atoms with Crippen LogP contribution in [0.1, 0.15) is 29.2 Å². The highest BCUT2D eigenvalue weighted by Gasteiger charge is 2.11. The molecule has 0 saturated heterocycles. The number of anilines is 1. The number of rotatable bonds is 5. The van der Waals surface area contributed by atoms with E-state index in [1.807, 2.05) is 32.0 Å². The maximum atomic E-state index is 13.7. The van der Waals surface area contributed by atoms with Gasteiger partial charge in [-0.3, -0.25) is 0 Å². The Hall–Kier alpha value is -2.14. The van der Waals surface area contributed by atoms with Gasteiger partial charge < -0.3 is 14.8 Å². The highest BCUT2D eigenvalue weighted by Crippen LogP contribution is 2.27. The SMILES string of the molecule is CCc1cc(F)c(C)cc1OCc1c(C)cccc1NC(=S)OC. The molecule has 0 fully saturated rings. The van der Waals surface area contributed by atoms with Crippen molar-refractivity contribution in [1.29, 1.82) is 0 Å². The second kappa shape index (κ2) is 8.11. The van der Waals surface area contributed by atoms with Crippen LogP contribution in [0, 0.1) is 19.7 Å². The predicted octanol–water partition coefficient (Wildman–Crippen LogP) is 4.93. The number of thiocarbonyl (C=S) groups is 1. The van der Waals surface area contributed by atoms with E-state index in [1.54, 1.807) is 19.1 Å². The summed E-state index contributed by atoms with van der Waals surface area (Å²) in [5.41, 5.74) is 4.34. The van der Waals surface area contributed by atoms with Crippen molar-refractivity contribution in [3.63, 3.8) is 0 Å². The van der Waals surface area contributed by atoms with Crippen LogP contribution in [0.25, 0.3) is 0 Å². The summed E-state index contributed by atoms with van der Waals surface area (Å²) in [6.07, 6.45) is 0.708. The second-order valence-electron chi connectivity index (χ2n) is 5.57. The summed E-state index contributed by atoms with van der Waals surface area (Å²) in [4.78, 5) is 0. The van der Waals surface area contributed by atoms with Crippen LogP contribution in [0.4, 0.5) is 10.1 Å². The molecule has 0 spiro atoms. The largest absolute Gasteiger partial charge is 0.489 e. The molecule has 0 bridgehead atoms. The number of hydrogen-bond donors (Lipinski definition) is 1. The summed E-state index contributed by atoms with van der Waals surface area (Å²) in [6, 6.07) is 9.17. The molecule has 0 radical (unpaired) electrons. The number of hydrogen-bond acceptors (Lipinski definition) is 3. The lowest BCUT2D eigenvalue weighted by atomic mass is 10.1. The van der Waals surface area contributed by atoms with Gasteiger partial charge >= 0.3 is 0 Å². The van der Waals surface area contributed by atoms with Crippen molar-refractivity contribution in [3.05, 3.63) is 58.4 Å². The lowest BCUT2D eigenvalue weighted by Gasteiger charge is -2.17. The van der Waals surface area contributed by atoms with Crippen molar-refractivity contribution < 1.29 is 13.9 Å². The van der Waals surface area contributed by atoms with Crippen molar-refractivity contribution in [2.75, 3.05) is 12.4 Å². The summed E-state index contributed by atoms with van der Waals surface area (Å²) in [5.74, 6) is 0.503. The quantitative estimate of drug-likeness (QED) is 0.777. The fraction of sp³-hybridized carbons (Fsp3) is 0.316. The number of nitrogens with one attached hydrogen (secondary N) is 1. The zero-order chi connectivity index (χ0) is 17.7. The van der Waals surface area contributed by atoms with Gasteiger partial charge in [-0.15, -0.1) is 0 Å². The van der Waals surface area contributed by atoms with Gasteiger partial charge in [0.15, 0.2) is 0 Å². The van der Waals surface area contributed by atoms with Crippen LogP contribution in [0.15, 0.2) is 30.3 Å². The second-order valence-corrected chi connectivity index (χ2v) is 5.94. The molecule has 0 aliphatic rings. The number of benzene rings is 2. The van der Waals surface area contributed by atoms with Gasteiger partial charge in [-0.05, 0) is 67.4 Å². The average molecular weight is 347 g/mol. The molecular formula is C19H22FNO2S. The first-order valence-corrected chi connectivity index (χ1v) is 8.22. The molecule has 0 unspecified atom stereocenters. The van der Waals surface area contributed by atoms with Gasteiger partial charge in [0, 0.05) is 11.3 Å². The van der Waals surface area contributed by atoms with E-state index in [4.69, 9.17) is 21.7 Å². The third kappa shape index (κ3) is 4.23. The molecule has 1 N–H and O–H groups in total. The summed E-state index contributed by atoms with van der Waals surface area (Å²) in [7, 11) is 1.52. The maximum Gasteiger partial charge on any atom is 0.260 e. The van der Waals surface area contributed by atoms with Gasteiger partial charge in [0.1, 0.15) is 18.2 Å². The molecule has 0 heterocycles. The van der Waals surface area contributed by atoms with Gasteiger partial charge in [0.25, 0.3) is 5.17 Å². The zero-order valence-corrected chi connectivity index (χ0v) is 15.2. The van der Waals surface area contributed by atoms with E-state index in [0.29, 0.717) is 29.5 Å². The van der Waals surface area contributed by atoms with Gasteiger partial charge in [-0.2, -0.15) is 0 Å². The van der Waals surface area contributed by atoms with Crippen molar-refractivity contribution in [1.82, 2.24) is 0 Å². The highest BCUT2D eigenvalue weighted by atomic mass is 32.1. The molecule has 5 heteroatoms. The lowest BCUT2D eigenvalue weighted by molar-refractivity contribution is 0.302. The van der Waals surface area contributed by atoms with Gasteiger partial charge in [0.05, 0.1) is 7.11 Å². The van der Waals surface area contributed by atoms with E-state index in [-0.39, 0.29) is 5.82 Å². The van der Waals surface area contributed by atoms with E-state index in [9.17, 15) is 4.39 Å². The number of ether oxygens (including phenoxy) is 2. The zero-order valence-electron chi connectivity index (χ0n) is 14.4. The summed E-state index contributed by atoms with van der Waals surface area (Å²) < 4.78 is 24.7. The topological polar surface area (TPSA) is 30.5 Å². The minimum atomic E-state index is -0.206. The Morgan fingerprint density at radius 1 is 1.21 bits per heavy atom. The molecule has 2 aromatic rings. The van der Waals surface area contributed by atoms with E-state index in [0.717, 1.165) is 22.4 Å². The highest BCUT2D eigenvalue weighted by molar-refractivity contribution is 7.80. The fourth-order valence-electron chi connectivity index (χ4n) is 2.43. The molecule has 0 atom stereocenters. The third-order valence-corrected chi connectivity index (χ3v) is 4.20. The molecule has 0 amide bonds. The van der Waals surface area contributed by atoms with Crippen molar-refractivity contribution in [2.24, 2.45) is 0 Å². The molecule has 128 valence electrons. The Labute approximate surface area is 147 Å². The maximum absolute atomic E-state index is 13.7. The van der Waals surface area contributed by atoms with Crippen LogP contribution >= 0.6 is 12.2 Å². The van der Waals surface area contributed by atoms with Crippen LogP contribution in [0.2, 0.25) is 0 Å². The lowest BCUT2D eigenvalue weighted by Crippen LogP contribution is -2.13. The number of halogens is 1. The fourth-order valence-corrected chi connectivity index (χ4v) is 2.54. The molecule has 3 nitrogen and oxygen atoms in total. The Morgan fingerprint density at radius 2 is 1.96 bits per heavy atom. The number of aryl methyl sites for hydroxylation is 3. The first kappa shape index (κ1) is 18.2. The molecule has 0 aromatic heterocycles. The van der Waals surface area contributed by atoms with Crippen molar-refractivity contribution in [3.8, 4) is 5.75 Å². The van der Waals surface area contributed by atoms with Gasteiger partial charge in [-0.25, -0.2) is 4.39 Å². The molecule has 2 rings (SSSR count). The number of methoxy groups -OCH3 is 1. The Bertz CT molecular complexity index is 746. The van der Waals surface area contributed by atoms with E-state index < -0.39 is 0 Å². The molecular weight excluding hydrogens is 325 g/mol. The average Bonchev–Trinajstić information content (AvgIpc) is 2.56. The molecule has 24 heavy (non-hydrogen) atoms.